The summed E-state index contributed by atoms with van der Waals surface area (Å²) in [5.41, 5.74) is 9.92. The van der Waals surface area contributed by atoms with Crippen molar-refractivity contribution in [2.45, 2.75) is 32.4 Å². The van der Waals surface area contributed by atoms with Gasteiger partial charge >= 0.3 is 0 Å². The van der Waals surface area contributed by atoms with Crippen LogP contribution in [0.1, 0.15) is 53.2 Å². The Morgan fingerprint density at radius 1 is 1.15 bits per heavy atom. The van der Waals surface area contributed by atoms with Crippen LogP contribution in [0.3, 0.4) is 0 Å². The van der Waals surface area contributed by atoms with E-state index in [1.807, 2.05) is 68.4 Å². The molecular formula is C25H29N5O3. The van der Waals surface area contributed by atoms with E-state index in [1.54, 1.807) is 18.0 Å². The summed E-state index contributed by atoms with van der Waals surface area (Å²) in [6, 6.07) is 19.0. The van der Waals surface area contributed by atoms with Crippen LogP contribution in [0.15, 0.2) is 65.2 Å². The molecule has 8 nitrogen and oxygen atoms in total. The smallest absolute Gasteiger partial charge is 0.290 e. The van der Waals surface area contributed by atoms with Crippen LogP contribution in [0.25, 0.3) is 0 Å². The topological polar surface area (TPSA) is 99.5 Å². The number of carbonyl (C=O) groups is 2. The normalized spacial score (nSPS) is 17.8. The molecule has 3 aromatic rings. The number of rotatable bonds is 7. The van der Waals surface area contributed by atoms with E-state index in [9.17, 15) is 9.59 Å². The molecule has 0 radical (unpaired) electrons. The molecule has 2 aromatic carbocycles. The molecule has 1 aliphatic heterocycles. The fraction of sp³-hybridized carbons (Fsp3) is 0.320. The third kappa shape index (κ3) is 5.13. The average Bonchev–Trinajstić information content (AvgIpc) is 3.53. The maximum Gasteiger partial charge on any atom is 0.290 e. The predicted octanol–water partition coefficient (Wildman–Crippen LogP) is 3.16. The first-order valence-corrected chi connectivity index (χ1v) is 11.1. The number of nitrogens with zero attached hydrogens (tertiary/aromatic N) is 2. The van der Waals surface area contributed by atoms with E-state index in [-0.39, 0.29) is 35.5 Å². The van der Waals surface area contributed by atoms with Crippen molar-refractivity contribution in [1.29, 1.82) is 0 Å². The van der Waals surface area contributed by atoms with E-state index < -0.39 is 0 Å². The van der Waals surface area contributed by atoms with Crippen molar-refractivity contribution in [1.82, 2.24) is 21.3 Å². The summed E-state index contributed by atoms with van der Waals surface area (Å²) >= 11 is 0. The summed E-state index contributed by atoms with van der Waals surface area (Å²) in [5.74, 6) is -0.0740. The zero-order chi connectivity index (χ0) is 23.4. The summed E-state index contributed by atoms with van der Waals surface area (Å²) in [4.78, 5) is 27.2. The standard InChI is InChI=1S/C25H29N5O3/c1-16(2)21-13-22(33-29-21)24(31)26-14-17-9-11-18(12-10-17)23-20(15-27-28-23)25(32)30(3)19-7-5-4-6-8-19/h4-13,16,20,23,27-28H,14-15H2,1-3H3,(H,26,31). The fourth-order valence-corrected chi connectivity index (χ4v) is 3.85. The second kappa shape index (κ2) is 9.97. The third-order valence-electron chi connectivity index (χ3n) is 5.91. The lowest BCUT2D eigenvalue weighted by Crippen LogP contribution is -2.36. The van der Waals surface area contributed by atoms with Crippen LogP contribution in [0.4, 0.5) is 5.69 Å². The lowest BCUT2D eigenvalue weighted by Gasteiger charge is -2.24. The number of amides is 2. The first-order valence-electron chi connectivity index (χ1n) is 11.1. The Morgan fingerprint density at radius 2 is 1.88 bits per heavy atom. The third-order valence-corrected chi connectivity index (χ3v) is 5.91. The number of hydrogen-bond donors (Lipinski definition) is 3. The first-order chi connectivity index (χ1) is 15.9. The predicted molar refractivity (Wildman–Crippen MR) is 125 cm³/mol. The molecule has 2 amide bonds. The van der Waals surface area contributed by atoms with Crippen molar-refractivity contribution in [2.24, 2.45) is 5.92 Å². The Morgan fingerprint density at radius 3 is 2.55 bits per heavy atom. The minimum atomic E-state index is -0.297. The summed E-state index contributed by atoms with van der Waals surface area (Å²) in [7, 11) is 1.80. The summed E-state index contributed by atoms with van der Waals surface area (Å²) < 4.78 is 5.14. The Hall–Kier alpha value is -3.49. The van der Waals surface area contributed by atoms with Gasteiger partial charge in [-0.3, -0.25) is 15.0 Å². The van der Waals surface area contributed by atoms with E-state index in [2.05, 4.69) is 21.3 Å². The van der Waals surface area contributed by atoms with E-state index in [0.29, 0.717) is 13.1 Å². The molecular weight excluding hydrogens is 418 g/mol. The van der Waals surface area contributed by atoms with Gasteiger partial charge in [0.15, 0.2) is 0 Å². The number of nitrogens with one attached hydrogen (secondary N) is 3. The molecule has 1 saturated heterocycles. The van der Waals surface area contributed by atoms with Gasteiger partial charge in [0.2, 0.25) is 11.7 Å². The molecule has 33 heavy (non-hydrogen) atoms. The van der Waals surface area contributed by atoms with Crippen molar-refractivity contribution in [3.05, 3.63) is 83.2 Å². The molecule has 2 unspecified atom stereocenters. The highest BCUT2D eigenvalue weighted by atomic mass is 16.5. The van der Waals surface area contributed by atoms with Gasteiger partial charge in [-0.1, -0.05) is 61.5 Å². The molecule has 8 heteroatoms. The van der Waals surface area contributed by atoms with Gasteiger partial charge < -0.3 is 14.7 Å². The van der Waals surface area contributed by atoms with Crippen molar-refractivity contribution < 1.29 is 14.1 Å². The molecule has 1 fully saturated rings. The van der Waals surface area contributed by atoms with Gasteiger partial charge in [-0.05, 0) is 29.2 Å². The number of anilines is 1. The molecule has 0 bridgehead atoms. The second-order valence-corrected chi connectivity index (χ2v) is 8.54. The van der Waals surface area contributed by atoms with Gasteiger partial charge in [0.1, 0.15) is 0 Å². The highest BCUT2D eigenvalue weighted by molar-refractivity contribution is 5.95. The Balaban J connectivity index is 1.37. The molecule has 4 rings (SSSR count). The Labute approximate surface area is 193 Å². The van der Waals surface area contributed by atoms with Gasteiger partial charge in [0, 0.05) is 31.9 Å². The quantitative estimate of drug-likeness (QED) is 0.515. The average molecular weight is 448 g/mol. The number of hydrogen-bond acceptors (Lipinski definition) is 6. The van der Waals surface area contributed by atoms with Crippen LogP contribution < -0.4 is 21.1 Å². The minimum Gasteiger partial charge on any atom is -0.351 e. The highest BCUT2D eigenvalue weighted by Crippen LogP contribution is 2.28. The zero-order valence-corrected chi connectivity index (χ0v) is 19.0. The fourth-order valence-electron chi connectivity index (χ4n) is 3.85. The van der Waals surface area contributed by atoms with Crippen LogP contribution in [-0.4, -0.2) is 30.6 Å². The van der Waals surface area contributed by atoms with Crippen molar-refractivity contribution >= 4 is 17.5 Å². The van der Waals surface area contributed by atoms with E-state index in [0.717, 1.165) is 22.5 Å². The van der Waals surface area contributed by atoms with Crippen LogP contribution in [0.5, 0.6) is 0 Å². The minimum absolute atomic E-state index is 0.0489. The molecule has 1 aromatic heterocycles. The molecule has 0 aliphatic carbocycles. The lowest BCUT2D eigenvalue weighted by atomic mass is 9.93. The van der Waals surface area contributed by atoms with Gasteiger partial charge in [-0.2, -0.15) is 0 Å². The Bertz CT molecular complexity index is 1090. The van der Waals surface area contributed by atoms with Crippen molar-refractivity contribution in [3.63, 3.8) is 0 Å². The van der Waals surface area contributed by atoms with Crippen LogP contribution >= 0.6 is 0 Å². The monoisotopic (exact) mass is 447 g/mol. The maximum absolute atomic E-state index is 13.1. The van der Waals surface area contributed by atoms with Crippen molar-refractivity contribution in [2.75, 3.05) is 18.5 Å². The molecule has 0 spiro atoms. The Kier molecular flexibility index (Phi) is 6.86. The molecule has 1 aliphatic rings. The number of aromatic nitrogens is 1. The maximum atomic E-state index is 13.1. The van der Waals surface area contributed by atoms with E-state index in [1.165, 1.54) is 0 Å². The molecule has 172 valence electrons. The second-order valence-electron chi connectivity index (χ2n) is 8.54. The largest absolute Gasteiger partial charge is 0.351 e. The number of benzene rings is 2. The molecule has 2 atom stereocenters. The van der Waals surface area contributed by atoms with Crippen LogP contribution in [0.2, 0.25) is 0 Å². The lowest BCUT2D eigenvalue weighted by molar-refractivity contribution is -0.122. The summed E-state index contributed by atoms with van der Waals surface area (Å²) in [5, 5.41) is 6.78. The highest BCUT2D eigenvalue weighted by Gasteiger charge is 2.35. The van der Waals surface area contributed by atoms with Gasteiger partial charge in [-0.25, -0.2) is 5.43 Å². The summed E-state index contributed by atoms with van der Waals surface area (Å²) in [6.07, 6.45) is 0. The zero-order valence-electron chi connectivity index (χ0n) is 19.0. The molecule has 3 N–H and O–H groups in total. The van der Waals surface area contributed by atoms with Gasteiger partial charge in [-0.15, -0.1) is 0 Å². The van der Waals surface area contributed by atoms with Crippen molar-refractivity contribution in [3.8, 4) is 0 Å². The van der Waals surface area contributed by atoms with Crippen LogP contribution in [-0.2, 0) is 11.3 Å². The molecule has 2 heterocycles. The molecule has 0 saturated carbocycles. The SMILES string of the molecule is CC(C)c1cc(C(=O)NCc2ccc(C3NNCC3C(=O)N(C)c3ccccc3)cc2)on1. The first kappa shape index (κ1) is 22.7. The number of carbonyl (C=O) groups excluding carboxylic acids is 2. The van der Waals surface area contributed by atoms with Crippen LogP contribution in [0, 0.1) is 5.92 Å². The number of hydrazine groups is 1. The van der Waals surface area contributed by atoms with E-state index >= 15 is 0 Å². The van der Waals surface area contributed by atoms with E-state index in [4.69, 9.17) is 4.52 Å². The summed E-state index contributed by atoms with van der Waals surface area (Å²) in [6.45, 7) is 4.90. The number of para-hydroxylation sites is 1. The van der Waals surface area contributed by atoms with Gasteiger partial charge in [0.25, 0.3) is 5.91 Å². The van der Waals surface area contributed by atoms with Gasteiger partial charge in [0.05, 0.1) is 17.7 Å².